The molecule has 0 aromatic rings. The quantitative estimate of drug-likeness (QED) is 0.797. The highest BCUT2D eigenvalue weighted by Gasteiger charge is 2.29. The monoisotopic (exact) mass is 235 g/mol. The molecule has 17 heavy (non-hydrogen) atoms. The van der Waals surface area contributed by atoms with Crippen molar-refractivity contribution < 1.29 is 0 Å². The summed E-state index contributed by atoms with van der Waals surface area (Å²) in [6, 6.07) is 0.687. The second-order valence-electron chi connectivity index (χ2n) is 6.20. The molecule has 0 aromatic carbocycles. The molecular formula is C14H25N3. The van der Waals surface area contributed by atoms with Crippen LogP contribution in [0.15, 0.2) is 16.8 Å². The van der Waals surface area contributed by atoms with E-state index in [0.29, 0.717) is 6.04 Å². The summed E-state index contributed by atoms with van der Waals surface area (Å²) >= 11 is 0. The number of likely N-dealkylation sites (tertiary alicyclic amines) is 1. The molecule has 1 saturated heterocycles. The number of allylic oxidation sites excluding steroid dienone is 1. The summed E-state index contributed by atoms with van der Waals surface area (Å²) in [5.41, 5.74) is 8.33. The van der Waals surface area contributed by atoms with Crippen molar-refractivity contribution in [3.05, 3.63) is 11.8 Å². The van der Waals surface area contributed by atoms with E-state index in [2.05, 4.69) is 25.7 Å². The molecule has 0 aromatic heterocycles. The van der Waals surface area contributed by atoms with E-state index in [-0.39, 0.29) is 5.41 Å². The van der Waals surface area contributed by atoms with E-state index in [1.807, 2.05) is 0 Å². The Morgan fingerprint density at radius 1 is 1.41 bits per heavy atom. The largest absolute Gasteiger partial charge is 0.404 e. The Labute approximate surface area is 105 Å². The fourth-order valence-corrected chi connectivity index (χ4v) is 2.69. The van der Waals surface area contributed by atoms with Gasteiger partial charge < -0.3 is 5.73 Å². The van der Waals surface area contributed by atoms with Crippen molar-refractivity contribution in [3.8, 4) is 0 Å². The Morgan fingerprint density at radius 2 is 2.12 bits per heavy atom. The number of hydrogen-bond donors (Lipinski definition) is 1. The highest BCUT2D eigenvalue weighted by Crippen LogP contribution is 2.30. The van der Waals surface area contributed by atoms with Crippen molar-refractivity contribution in [2.45, 2.75) is 46.1 Å². The van der Waals surface area contributed by atoms with Gasteiger partial charge in [-0.25, -0.2) is 0 Å². The lowest BCUT2D eigenvalue weighted by Gasteiger charge is -2.40. The molecule has 2 rings (SSSR count). The minimum atomic E-state index is 0.108. The number of rotatable bonds is 2. The van der Waals surface area contributed by atoms with Crippen molar-refractivity contribution in [2.24, 2.45) is 16.1 Å². The molecule has 0 spiro atoms. The van der Waals surface area contributed by atoms with Gasteiger partial charge in [-0.1, -0.05) is 20.8 Å². The normalized spacial score (nSPS) is 27.6. The summed E-state index contributed by atoms with van der Waals surface area (Å²) in [6.45, 7) is 10.1. The van der Waals surface area contributed by atoms with Gasteiger partial charge in [0.1, 0.15) is 0 Å². The van der Waals surface area contributed by atoms with Crippen LogP contribution in [0.25, 0.3) is 0 Å². The number of hydrogen-bond acceptors (Lipinski definition) is 3. The SMILES string of the molecule is CC(C)(C)/C(=C/N)C1=NCC(N2CCC2)CC1. The third-order valence-corrected chi connectivity index (χ3v) is 3.90. The Balaban J connectivity index is 2.02. The summed E-state index contributed by atoms with van der Waals surface area (Å²) < 4.78 is 0. The molecular weight excluding hydrogens is 210 g/mol. The lowest BCUT2D eigenvalue weighted by Crippen LogP contribution is -2.48. The molecule has 2 heterocycles. The Kier molecular flexibility index (Phi) is 3.57. The molecule has 3 nitrogen and oxygen atoms in total. The van der Waals surface area contributed by atoms with Crippen LogP contribution in [0.2, 0.25) is 0 Å². The van der Waals surface area contributed by atoms with Gasteiger partial charge in [-0.3, -0.25) is 9.89 Å². The summed E-state index contributed by atoms with van der Waals surface area (Å²) in [5, 5.41) is 0. The molecule has 0 bridgehead atoms. The molecule has 2 aliphatic heterocycles. The van der Waals surface area contributed by atoms with Crippen LogP contribution in [-0.4, -0.2) is 36.3 Å². The van der Waals surface area contributed by atoms with Crippen molar-refractivity contribution in [3.63, 3.8) is 0 Å². The first-order chi connectivity index (χ1) is 8.02. The summed E-state index contributed by atoms with van der Waals surface area (Å²) in [7, 11) is 0. The molecule has 0 saturated carbocycles. The molecule has 96 valence electrons. The van der Waals surface area contributed by atoms with Gasteiger partial charge in [-0.15, -0.1) is 0 Å². The number of nitrogens with zero attached hydrogens (tertiary/aromatic N) is 2. The van der Waals surface area contributed by atoms with Gasteiger partial charge in [-0.05, 0) is 49.5 Å². The predicted octanol–water partition coefficient (Wildman–Crippen LogP) is 2.18. The van der Waals surface area contributed by atoms with Crippen LogP contribution in [0.3, 0.4) is 0 Å². The molecule has 2 aliphatic rings. The van der Waals surface area contributed by atoms with E-state index >= 15 is 0 Å². The molecule has 3 heteroatoms. The zero-order valence-electron chi connectivity index (χ0n) is 11.4. The Bertz CT molecular complexity index is 332. The van der Waals surface area contributed by atoms with Crippen LogP contribution in [0, 0.1) is 5.41 Å². The second-order valence-corrected chi connectivity index (χ2v) is 6.20. The van der Waals surface area contributed by atoms with Crippen LogP contribution in [0.4, 0.5) is 0 Å². The number of aliphatic imine (C=N–C) groups is 1. The Hall–Kier alpha value is -0.830. The van der Waals surface area contributed by atoms with E-state index in [4.69, 9.17) is 10.7 Å². The van der Waals surface area contributed by atoms with Gasteiger partial charge in [0.15, 0.2) is 0 Å². The van der Waals surface area contributed by atoms with Crippen LogP contribution >= 0.6 is 0 Å². The lowest BCUT2D eigenvalue weighted by atomic mass is 9.81. The maximum Gasteiger partial charge on any atom is 0.0548 e. The van der Waals surface area contributed by atoms with Crippen LogP contribution in [0.5, 0.6) is 0 Å². The maximum absolute atomic E-state index is 5.77. The van der Waals surface area contributed by atoms with E-state index in [1.165, 1.54) is 37.2 Å². The van der Waals surface area contributed by atoms with Crippen molar-refractivity contribution >= 4 is 5.71 Å². The molecule has 0 radical (unpaired) electrons. The highest BCUT2D eigenvalue weighted by atomic mass is 15.2. The summed E-state index contributed by atoms with van der Waals surface area (Å²) in [5.74, 6) is 0. The van der Waals surface area contributed by atoms with Crippen LogP contribution in [0.1, 0.15) is 40.0 Å². The molecule has 0 aliphatic carbocycles. The average molecular weight is 235 g/mol. The van der Waals surface area contributed by atoms with E-state index in [0.717, 1.165) is 13.0 Å². The van der Waals surface area contributed by atoms with E-state index in [9.17, 15) is 0 Å². The number of nitrogens with two attached hydrogens (primary N) is 1. The Morgan fingerprint density at radius 3 is 2.47 bits per heavy atom. The fraction of sp³-hybridized carbons (Fsp3) is 0.786. The van der Waals surface area contributed by atoms with Gasteiger partial charge >= 0.3 is 0 Å². The zero-order chi connectivity index (χ0) is 12.5. The topological polar surface area (TPSA) is 41.6 Å². The smallest absolute Gasteiger partial charge is 0.0548 e. The predicted molar refractivity (Wildman–Crippen MR) is 73.2 cm³/mol. The van der Waals surface area contributed by atoms with Crippen LogP contribution in [-0.2, 0) is 0 Å². The minimum Gasteiger partial charge on any atom is -0.404 e. The average Bonchev–Trinajstić information content (AvgIpc) is 2.16. The highest BCUT2D eigenvalue weighted by molar-refractivity contribution is 6.01. The third kappa shape index (κ3) is 2.71. The first-order valence-corrected chi connectivity index (χ1v) is 6.72. The van der Waals surface area contributed by atoms with Crippen molar-refractivity contribution in [2.75, 3.05) is 19.6 Å². The molecule has 0 amide bonds. The standard InChI is InChI=1S/C14H25N3/c1-14(2,3)12(9-15)13-6-5-11(10-16-13)17-7-4-8-17/h9,11H,4-8,10,15H2,1-3H3/b12-9+. The summed E-state index contributed by atoms with van der Waals surface area (Å²) in [4.78, 5) is 7.34. The molecule has 2 N–H and O–H groups in total. The third-order valence-electron chi connectivity index (χ3n) is 3.90. The zero-order valence-corrected chi connectivity index (χ0v) is 11.4. The summed E-state index contributed by atoms with van der Waals surface area (Å²) in [6.07, 6.45) is 5.44. The van der Waals surface area contributed by atoms with Crippen molar-refractivity contribution in [1.29, 1.82) is 0 Å². The minimum absolute atomic E-state index is 0.108. The molecule has 1 fully saturated rings. The first-order valence-electron chi connectivity index (χ1n) is 6.72. The first kappa shape index (κ1) is 12.6. The lowest BCUT2D eigenvalue weighted by molar-refractivity contribution is 0.115. The molecule has 1 atom stereocenters. The maximum atomic E-state index is 5.77. The van der Waals surface area contributed by atoms with Gasteiger partial charge in [0, 0.05) is 11.8 Å². The van der Waals surface area contributed by atoms with E-state index < -0.39 is 0 Å². The molecule has 1 unspecified atom stereocenters. The van der Waals surface area contributed by atoms with Gasteiger partial charge in [0.2, 0.25) is 0 Å². The van der Waals surface area contributed by atoms with Crippen LogP contribution < -0.4 is 5.73 Å². The fourth-order valence-electron chi connectivity index (χ4n) is 2.69. The van der Waals surface area contributed by atoms with Gasteiger partial charge in [-0.2, -0.15) is 0 Å². The van der Waals surface area contributed by atoms with E-state index in [1.54, 1.807) is 6.20 Å². The van der Waals surface area contributed by atoms with Gasteiger partial charge in [0.25, 0.3) is 0 Å². The second kappa shape index (κ2) is 4.81. The van der Waals surface area contributed by atoms with Gasteiger partial charge in [0.05, 0.1) is 6.54 Å². The van der Waals surface area contributed by atoms with Crippen molar-refractivity contribution in [1.82, 2.24) is 4.90 Å².